The van der Waals surface area contributed by atoms with Gasteiger partial charge >= 0.3 is 0 Å². The number of unbranched alkanes of at least 4 members (excludes halogenated alkanes) is 2. The van der Waals surface area contributed by atoms with E-state index in [9.17, 15) is 14.8 Å². The van der Waals surface area contributed by atoms with Crippen molar-refractivity contribution in [3.05, 3.63) is 28.6 Å². The van der Waals surface area contributed by atoms with Crippen LogP contribution in [0.4, 0.5) is 0 Å². The van der Waals surface area contributed by atoms with E-state index >= 15 is 0 Å². The Kier molecular flexibility index (Phi) is 8.48. The fourth-order valence-electron chi connectivity index (χ4n) is 2.65. The summed E-state index contributed by atoms with van der Waals surface area (Å²) >= 11 is 0. The monoisotopic (exact) mass is 309 g/mol. The van der Waals surface area contributed by atoms with Crippen LogP contribution in [0.15, 0.2) is 28.8 Å². The molecular formula is C17H27NO4. The van der Waals surface area contributed by atoms with E-state index in [0.29, 0.717) is 31.4 Å². The molecule has 0 fully saturated rings. The van der Waals surface area contributed by atoms with E-state index in [0.717, 1.165) is 19.3 Å². The molecule has 0 aromatic rings. The lowest BCUT2D eigenvalue weighted by Crippen LogP contribution is -2.14. The Bertz CT molecular complexity index is 428. The smallest absolute Gasteiger partial charge is 0.152 e. The molecule has 5 nitrogen and oxygen atoms in total. The van der Waals surface area contributed by atoms with Crippen molar-refractivity contribution in [2.75, 3.05) is 7.11 Å². The van der Waals surface area contributed by atoms with Gasteiger partial charge in [0, 0.05) is 19.3 Å². The molecule has 0 amide bonds. The Morgan fingerprint density at radius 3 is 2.91 bits per heavy atom. The number of Topliss-reactive ketones (excluding diaryl/α,β-unsaturated/α-hetero) is 1. The molecule has 0 saturated carbocycles. The molecule has 1 aliphatic rings. The van der Waals surface area contributed by atoms with Gasteiger partial charge in [0.15, 0.2) is 5.76 Å². The zero-order valence-electron chi connectivity index (χ0n) is 13.6. The number of hydrogen-bond acceptors (Lipinski definition) is 5. The average Bonchev–Trinajstić information content (AvgIpc) is 2.53. The van der Waals surface area contributed by atoms with Gasteiger partial charge < -0.3 is 9.84 Å². The first-order valence-corrected chi connectivity index (χ1v) is 8.09. The van der Waals surface area contributed by atoms with Gasteiger partial charge in [0.05, 0.1) is 13.2 Å². The molecule has 0 aromatic carbocycles. The summed E-state index contributed by atoms with van der Waals surface area (Å²) in [6, 6.07) is -0.376. The van der Waals surface area contributed by atoms with Crippen molar-refractivity contribution in [1.82, 2.24) is 0 Å². The first kappa shape index (κ1) is 18.4. The van der Waals surface area contributed by atoms with Crippen LogP contribution < -0.4 is 0 Å². The number of rotatable bonds is 11. The van der Waals surface area contributed by atoms with E-state index < -0.39 is 0 Å². The van der Waals surface area contributed by atoms with E-state index in [1.165, 1.54) is 7.11 Å². The van der Waals surface area contributed by atoms with Crippen LogP contribution in [0.5, 0.6) is 0 Å². The van der Waals surface area contributed by atoms with E-state index in [1.54, 1.807) is 6.08 Å². The maximum Gasteiger partial charge on any atom is 0.152 e. The summed E-state index contributed by atoms with van der Waals surface area (Å²) in [6.45, 7) is 2.10. The highest BCUT2D eigenvalue weighted by Gasteiger charge is 2.19. The van der Waals surface area contributed by atoms with Gasteiger partial charge in [-0.1, -0.05) is 37.4 Å². The molecule has 0 spiro atoms. The zero-order valence-corrected chi connectivity index (χ0v) is 13.6. The van der Waals surface area contributed by atoms with Crippen LogP contribution in [-0.2, 0) is 9.53 Å². The molecule has 0 aliphatic heterocycles. The van der Waals surface area contributed by atoms with Crippen LogP contribution in [0.3, 0.4) is 0 Å². The third kappa shape index (κ3) is 6.41. The minimum Gasteiger partial charge on any atom is -0.505 e. The molecule has 1 rings (SSSR count). The van der Waals surface area contributed by atoms with E-state index in [-0.39, 0.29) is 29.9 Å². The third-order valence-electron chi connectivity index (χ3n) is 4.05. The van der Waals surface area contributed by atoms with Crippen molar-refractivity contribution in [3.8, 4) is 0 Å². The highest BCUT2D eigenvalue weighted by molar-refractivity contribution is 5.79. The van der Waals surface area contributed by atoms with Gasteiger partial charge in [-0.3, -0.25) is 4.79 Å². The Hall–Kier alpha value is -1.65. The molecule has 0 saturated heterocycles. The van der Waals surface area contributed by atoms with Gasteiger partial charge in [0.25, 0.3) is 0 Å². The maximum absolute atomic E-state index is 12.0. The van der Waals surface area contributed by atoms with E-state index in [1.807, 2.05) is 6.08 Å². The predicted octanol–water partition coefficient (Wildman–Crippen LogP) is 4.43. The Labute approximate surface area is 132 Å². The Morgan fingerprint density at radius 2 is 2.27 bits per heavy atom. The lowest BCUT2D eigenvalue weighted by molar-refractivity contribution is -0.119. The molecule has 1 N–H and O–H groups in total. The Morgan fingerprint density at radius 1 is 1.50 bits per heavy atom. The number of hydrogen-bond donors (Lipinski definition) is 1. The molecule has 2 atom stereocenters. The van der Waals surface area contributed by atoms with Crippen LogP contribution >= 0.6 is 0 Å². The molecule has 1 unspecified atom stereocenters. The fraction of sp³-hybridized carbons (Fsp3) is 0.706. The largest absolute Gasteiger partial charge is 0.505 e. The van der Waals surface area contributed by atoms with Crippen molar-refractivity contribution >= 4 is 5.78 Å². The van der Waals surface area contributed by atoms with Gasteiger partial charge in [-0.05, 0) is 24.8 Å². The minimum atomic E-state index is -0.376. The summed E-state index contributed by atoms with van der Waals surface area (Å²) in [5.74, 6) is 1.00. The molecule has 0 heterocycles. The summed E-state index contributed by atoms with van der Waals surface area (Å²) in [6.07, 6.45) is 9.35. The molecular weight excluding hydrogens is 282 g/mol. The summed E-state index contributed by atoms with van der Waals surface area (Å²) in [7, 11) is 1.53. The highest BCUT2D eigenvalue weighted by atomic mass is 16.5. The first-order chi connectivity index (χ1) is 10.6. The van der Waals surface area contributed by atoms with Crippen LogP contribution in [0.1, 0.15) is 58.3 Å². The summed E-state index contributed by atoms with van der Waals surface area (Å²) in [4.78, 5) is 22.8. The topological polar surface area (TPSA) is 76.0 Å². The second-order valence-corrected chi connectivity index (χ2v) is 5.87. The number of methoxy groups -OCH3 is 1. The molecule has 0 aromatic heterocycles. The lowest BCUT2D eigenvalue weighted by Gasteiger charge is -2.19. The third-order valence-corrected chi connectivity index (χ3v) is 4.05. The minimum absolute atomic E-state index is 0.0900. The van der Waals surface area contributed by atoms with Crippen molar-refractivity contribution in [2.45, 2.75) is 64.3 Å². The molecule has 124 valence electrons. The van der Waals surface area contributed by atoms with Crippen LogP contribution in [-0.4, -0.2) is 24.0 Å². The zero-order chi connectivity index (χ0) is 16.4. The molecule has 0 radical (unpaired) electrons. The number of nitrogens with zero attached hydrogens (tertiary/aromatic N) is 1. The number of allylic oxidation sites excluding steroid dienone is 3. The fourth-order valence-corrected chi connectivity index (χ4v) is 2.65. The lowest BCUT2D eigenvalue weighted by atomic mass is 9.91. The van der Waals surface area contributed by atoms with Gasteiger partial charge in [0.1, 0.15) is 11.5 Å². The van der Waals surface area contributed by atoms with E-state index in [4.69, 9.17) is 4.74 Å². The highest BCUT2D eigenvalue weighted by Crippen LogP contribution is 2.26. The molecule has 5 heteroatoms. The van der Waals surface area contributed by atoms with Gasteiger partial charge in [-0.25, -0.2) is 0 Å². The van der Waals surface area contributed by atoms with Crippen molar-refractivity contribution in [1.29, 1.82) is 0 Å². The number of carbonyl (C=O) groups excluding carboxylic acids is 1. The molecule has 0 bridgehead atoms. The Balaban J connectivity index is 2.31. The van der Waals surface area contributed by atoms with Crippen molar-refractivity contribution < 1.29 is 14.6 Å². The van der Waals surface area contributed by atoms with Gasteiger partial charge in [-0.15, -0.1) is 0 Å². The van der Waals surface area contributed by atoms with Crippen LogP contribution in [0, 0.1) is 10.8 Å². The number of ether oxygens (including phenoxy) is 1. The van der Waals surface area contributed by atoms with Crippen molar-refractivity contribution in [3.63, 3.8) is 0 Å². The predicted molar refractivity (Wildman–Crippen MR) is 86.5 cm³/mol. The maximum atomic E-state index is 12.0. The molecule has 22 heavy (non-hydrogen) atoms. The van der Waals surface area contributed by atoms with Crippen molar-refractivity contribution in [2.24, 2.45) is 11.1 Å². The number of aliphatic hydroxyl groups excluding tert-OH is 1. The number of carbonyl (C=O) groups is 1. The SMILES string of the molecule is CCCCC[C@@H](CC(=O)CCC1C=CC(O)=C(OC)C1)N=O. The van der Waals surface area contributed by atoms with Crippen LogP contribution in [0.25, 0.3) is 0 Å². The summed E-state index contributed by atoms with van der Waals surface area (Å²) in [5, 5.41) is 12.7. The molecule has 1 aliphatic carbocycles. The van der Waals surface area contributed by atoms with Gasteiger partial charge in [-0.2, -0.15) is 4.91 Å². The number of aliphatic hydroxyl groups is 1. The summed E-state index contributed by atoms with van der Waals surface area (Å²) < 4.78 is 5.11. The first-order valence-electron chi connectivity index (χ1n) is 8.09. The normalized spacial score (nSPS) is 19.1. The number of ketones is 1. The van der Waals surface area contributed by atoms with Gasteiger partial charge in [0.2, 0.25) is 0 Å². The van der Waals surface area contributed by atoms with E-state index in [2.05, 4.69) is 12.1 Å². The van der Waals surface area contributed by atoms with Crippen LogP contribution in [0.2, 0.25) is 0 Å². The quantitative estimate of drug-likeness (QED) is 0.452. The standard InChI is InChI=1S/C17H27NO4/c1-3-4-5-6-14(18-21)12-15(19)9-7-13-8-10-16(20)17(11-13)22-2/h8,10,13-14,20H,3-7,9,11-12H2,1-2H3/t13?,14-/m0/s1. The summed E-state index contributed by atoms with van der Waals surface area (Å²) in [5.41, 5.74) is 0. The second-order valence-electron chi connectivity index (χ2n) is 5.87. The number of nitroso groups, excluding NO2 is 1. The second kappa shape index (κ2) is 10.1. The average molecular weight is 309 g/mol.